The first-order valence-electron chi connectivity index (χ1n) is 10.3. The van der Waals surface area contributed by atoms with E-state index in [1.54, 1.807) is 7.11 Å². The van der Waals surface area contributed by atoms with Crippen LogP contribution < -0.4 is 15.8 Å². The minimum absolute atomic E-state index is 0.0368. The Balaban J connectivity index is 3.22. The Morgan fingerprint density at radius 1 is 1.30 bits per heavy atom. The molecule has 1 aromatic carbocycles. The van der Waals surface area contributed by atoms with Crippen LogP contribution in [0.15, 0.2) is 12.1 Å². The van der Waals surface area contributed by atoms with E-state index in [0.29, 0.717) is 19.1 Å². The molecule has 1 aromatic rings. The molecule has 0 saturated heterocycles. The highest BCUT2D eigenvalue weighted by Gasteiger charge is 2.13. The molecular weight excluding hydrogens is 336 g/mol. The Hall–Kier alpha value is -1.81. The number of carbonyl (C=O) groups is 1. The molecule has 4 heteroatoms. The van der Waals surface area contributed by atoms with Crippen molar-refractivity contribution >= 4 is 18.7 Å². The number of hydrogen-bond acceptors (Lipinski definition) is 3. The third kappa shape index (κ3) is 7.37. The summed E-state index contributed by atoms with van der Waals surface area (Å²) >= 11 is 0. The topological polar surface area (TPSA) is 41.6 Å². The van der Waals surface area contributed by atoms with Crippen LogP contribution in [0, 0.1) is 5.92 Å². The average Bonchev–Trinajstić information content (AvgIpc) is 2.64. The maximum Gasteiger partial charge on any atom is 0.251 e. The fourth-order valence-electron chi connectivity index (χ4n) is 3.48. The van der Waals surface area contributed by atoms with E-state index in [0.717, 1.165) is 41.0 Å². The Kier molecular flexibility index (Phi) is 10.8. The number of nitrogens with one attached hydrogen (secondary N) is 1. The number of carbonyl (C=O) groups excluding carboxylic acids is 1. The Labute approximate surface area is 165 Å². The van der Waals surface area contributed by atoms with Gasteiger partial charge in [0.05, 0.1) is 6.61 Å². The third-order valence-corrected chi connectivity index (χ3v) is 4.95. The van der Waals surface area contributed by atoms with Gasteiger partial charge in [-0.3, -0.25) is 4.79 Å². The molecule has 0 aliphatic heterocycles. The van der Waals surface area contributed by atoms with Crippen LogP contribution in [0.2, 0.25) is 0 Å². The second kappa shape index (κ2) is 12.6. The molecule has 0 saturated carbocycles. The lowest BCUT2D eigenvalue weighted by Gasteiger charge is -2.22. The van der Waals surface area contributed by atoms with Gasteiger partial charge < -0.3 is 15.0 Å². The Bertz CT molecular complexity index is 684. The molecule has 0 heterocycles. The van der Waals surface area contributed by atoms with Crippen molar-refractivity contribution in [3.05, 3.63) is 33.7 Å². The summed E-state index contributed by atoms with van der Waals surface area (Å²) < 4.78 is 5.03. The van der Waals surface area contributed by atoms with Crippen molar-refractivity contribution in [2.45, 2.75) is 52.9 Å². The molecule has 0 fully saturated rings. The quantitative estimate of drug-likeness (QED) is 0.572. The normalized spacial score (nSPS) is 12.9. The van der Waals surface area contributed by atoms with E-state index < -0.39 is 0 Å². The van der Waals surface area contributed by atoms with Gasteiger partial charge in [-0.25, -0.2) is 0 Å². The predicted molar refractivity (Wildman–Crippen MR) is 115 cm³/mol. The molecule has 0 aliphatic rings. The van der Waals surface area contributed by atoms with E-state index in [9.17, 15) is 4.79 Å². The van der Waals surface area contributed by atoms with Crippen molar-refractivity contribution in [3.8, 4) is 0 Å². The molecule has 4 nitrogen and oxygen atoms in total. The minimum atomic E-state index is -0.0368. The van der Waals surface area contributed by atoms with Gasteiger partial charge in [-0.1, -0.05) is 52.7 Å². The van der Waals surface area contributed by atoms with E-state index in [4.69, 9.17) is 4.74 Å². The van der Waals surface area contributed by atoms with E-state index >= 15 is 0 Å². The SMILES string of the molecule is C=c1ccc(C(=O)NCCOC)c(CCC)/c1=C/N(C)CC(CC)CCC. The van der Waals surface area contributed by atoms with Crippen LogP contribution in [-0.2, 0) is 11.2 Å². The van der Waals surface area contributed by atoms with Gasteiger partial charge >= 0.3 is 0 Å². The van der Waals surface area contributed by atoms with Crippen LogP contribution in [0.25, 0.3) is 12.8 Å². The summed E-state index contributed by atoms with van der Waals surface area (Å²) in [5.41, 5.74) is 1.84. The van der Waals surface area contributed by atoms with E-state index in [2.05, 4.69) is 50.8 Å². The van der Waals surface area contributed by atoms with E-state index in [1.807, 2.05) is 12.1 Å². The summed E-state index contributed by atoms with van der Waals surface area (Å²) in [7, 11) is 3.76. The van der Waals surface area contributed by atoms with Gasteiger partial charge in [0.1, 0.15) is 0 Å². The fraction of sp³-hybridized carbons (Fsp3) is 0.609. The van der Waals surface area contributed by atoms with Crippen LogP contribution in [0.5, 0.6) is 0 Å². The zero-order chi connectivity index (χ0) is 20.2. The minimum Gasteiger partial charge on any atom is -0.383 e. The monoisotopic (exact) mass is 374 g/mol. The summed E-state index contributed by atoms with van der Waals surface area (Å²) in [5.74, 6) is 0.657. The third-order valence-electron chi connectivity index (χ3n) is 4.95. The number of amides is 1. The van der Waals surface area contributed by atoms with E-state index in [-0.39, 0.29) is 5.91 Å². The zero-order valence-electron chi connectivity index (χ0n) is 17.9. The van der Waals surface area contributed by atoms with Crippen molar-refractivity contribution in [2.75, 3.05) is 33.9 Å². The maximum absolute atomic E-state index is 12.7. The van der Waals surface area contributed by atoms with Gasteiger partial charge in [-0.15, -0.1) is 0 Å². The second-order valence-electron chi connectivity index (χ2n) is 7.29. The smallest absolute Gasteiger partial charge is 0.251 e. The van der Waals surface area contributed by atoms with Crippen LogP contribution in [0.4, 0.5) is 0 Å². The molecular formula is C23H38N2O2. The molecule has 0 bridgehead atoms. The van der Waals surface area contributed by atoms with Crippen LogP contribution in [-0.4, -0.2) is 44.7 Å². The first kappa shape index (κ1) is 23.2. The molecule has 0 spiro atoms. The Morgan fingerprint density at radius 2 is 2.04 bits per heavy atom. The summed E-state index contributed by atoms with van der Waals surface area (Å²) in [5, 5.41) is 5.01. The molecule has 0 aromatic heterocycles. The number of methoxy groups -OCH3 is 1. The van der Waals surface area contributed by atoms with Gasteiger partial charge in [0.25, 0.3) is 5.91 Å². The van der Waals surface area contributed by atoms with Crippen molar-refractivity contribution in [1.82, 2.24) is 10.2 Å². The van der Waals surface area contributed by atoms with Crippen molar-refractivity contribution in [3.63, 3.8) is 0 Å². The largest absolute Gasteiger partial charge is 0.383 e. The molecule has 0 aliphatic carbocycles. The van der Waals surface area contributed by atoms with E-state index in [1.165, 1.54) is 19.3 Å². The molecule has 1 rings (SSSR count). The first-order valence-corrected chi connectivity index (χ1v) is 10.3. The summed E-state index contributed by atoms with van der Waals surface area (Å²) in [6, 6.07) is 3.85. The van der Waals surface area contributed by atoms with Gasteiger partial charge in [0.2, 0.25) is 0 Å². The Morgan fingerprint density at radius 3 is 2.63 bits per heavy atom. The van der Waals surface area contributed by atoms with Crippen LogP contribution in [0.1, 0.15) is 62.4 Å². The van der Waals surface area contributed by atoms with Gasteiger partial charge in [-0.05, 0) is 35.6 Å². The number of rotatable bonds is 12. The highest BCUT2D eigenvalue weighted by molar-refractivity contribution is 5.95. The molecule has 1 amide bonds. The number of ether oxygens (including phenoxy) is 1. The predicted octanol–water partition coefficient (Wildman–Crippen LogP) is 2.92. The first-order chi connectivity index (χ1) is 13.0. The van der Waals surface area contributed by atoms with Crippen molar-refractivity contribution in [1.29, 1.82) is 0 Å². The molecule has 1 unspecified atom stereocenters. The molecule has 27 heavy (non-hydrogen) atoms. The molecule has 1 N–H and O–H groups in total. The molecule has 0 radical (unpaired) electrons. The maximum atomic E-state index is 12.7. The summed E-state index contributed by atoms with van der Waals surface area (Å²) in [6.45, 7) is 12.9. The van der Waals surface area contributed by atoms with Gasteiger partial charge in [0, 0.05) is 44.2 Å². The highest BCUT2D eigenvalue weighted by atomic mass is 16.5. The van der Waals surface area contributed by atoms with Crippen molar-refractivity contribution < 1.29 is 9.53 Å². The number of nitrogens with zero attached hydrogens (tertiary/aromatic N) is 1. The van der Waals surface area contributed by atoms with Gasteiger partial charge in [-0.2, -0.15) is 0 Å². The zero-order valence-corrected chi connectivity index (χ0v) is 17.9. The summed E-state index contributed by atoms with van der Waals surface area (Å²) in [4.78, 5) is 14.9. The molecule has 1 atom stereocenters. The van der Waals surface area contributed by atoms with Crippen LogP contribution in [0.3, 0.4) is 0 Å². The lowest BCUT2D eigenvalue weighted by Crippen LogP contribution is -2.36. The number of benzene rings is 1. The van der Waals surface area contributed by atoms with Crippen LogP contribution >= 0.6 is 0 Å². The average molecular weight is 375 g/mol. The fourth-order valence-corrected chi connectivity index (χ4v) is 3.48. The molecule has 152 valence electrons. The second-order valence-corrected chi connectivity index (χ2v) is 7.29. The highest BCUT2D eigenvalue weighted by Crippen LogP contribution is 2.12. The lowest BCUT2D eigenvalue weighted by molar-refractivity contribution is 0.0936. The standard InChI is InChI=1S/C23H38N2O2/c1-7-10-19(9-3)16-25(5)17-22-18(4)12-13-21(20(22)11-8-2)23(26)24-14-15-27-6/h12-13,17,19H,4,7-11,14-16H2,1-3,5-6H3,(H,24,26)/b22-17+. The number of hydrogen-bond donors (Lipinski definition) is 1. The summed E-state index contributed by atoms with van der Waals surface area (Å²) in [6.07, 6.45) is 7.67. The van der Waals surface area contributed by atoms with Gasteiger partial charge in [0.15, 0.2) is 0 Å². The van der Waals surface area contributed by atoms with Crippen molar-refractivity contribution in [2.24, 2.45) is 5.92 Å². The lowest BCUT2D eigenvalue weighted by atomic mass is 9.98.